The molecule has 122 valence electrons. The maximum atomic E-state index is 12.4. The quantitative estimate of drug-likeness (QED) is 0.907. The summed E-state index contributed by atoms with van der Waals surface area (Å²) in [6.45, 7) is 13.1. The van der Waals surface area contributed by atoms with E-state index in [0.717, 1.165) is 0 Å². The van der Waals surface area contributed by atoms with Gasteiger partial charge in [-0.05, 0) is 38.3 Å². The van der Waals surface area contributed by atoms with E-state index < -0.39 is 10.0 Å². The van der Waals surface area contributed by atoms with E-state index in [1.54, 1.807) is 13.1 Å². The van der Waals surface area contributed by atoms with Crippen molar-refractivity contribution in [3.8, 4) is 0 Å². The van der Waals surface area contributed by atoms with Crippen LogP contribution < -0.4 is 5.32 Å². The molecule has 21 heavy (non-hydrogen) atoms. The second-order valence-corrected chi connectivity index (χ2v) is 9.62. The van der Waals surface area contributed by atoms with Gasteiger partial charge in [0, 0.05) is 19.1 Å². The predicted molar refractivity (Wildman–Crippen MR) is 84.6 cm³/mol. The van der Waals surface area contributed by atoms with Gasteiger partial charge < -0.3 is 9.73 Å². The van der Waals surface area contributed by atoms with Gasteiger partial charge in [0.2, 0.25) is 5.09 Å². The molecular formula is C15H28N2O3S. The number of furan rings is 1. The average molecular weight is 316 g/mol. The summed E-state index contributed by atoms with van der Waals surface area (Å²) in [7, 11) is -1.99. The zero-order valence-corrected chi connectivity index (χ0v) is 15.0. The van der Waals surface area contributed by atoms with Crippen LogP contribution in [0.4, 0.5) is 0 Å². The lowest BCUT2D eigenvalue weighted by Gasteiger charge is -2.25. The Hall–Kier alpha value is -0.850. The lowest BCUT2D eigenvalue weighted by atomic mass is 9.97. The smallest absolute Gasteiger partial charge is 0.276 e. The van der Waals surface area contributed by atoms with Crippen LogP contribution in [0, 0.1) is 5.41 Å². The van der Waals surface area contributed by atoms with Gasteiger partial charge in [-0.25, -0.2) is 8.42 Å². The fraction of sp³-hybridized carbons (Fsp3) is 0.733. The molecule has 0 fully saturated rings. The molecule has 0 aliphatic heterocycles. The number of hydrogen-bond donors (Lipinski definition) is 1. The van der Waals surface area contributed by atoms with E-state index in [2.05, 4.69) is 5.32 Å². The summed E-state index contributed by atoms with van der Waals surface area (Å²) in [5, 5.41) is 3.27. The van der Waals surface area contributed by atoms with Crippen molar-refractivity contribution in [1.29, 1.82) is 0 Å². The van der Waals surface area contributed by atoms with Crippen LogP contribution in [0.25, 0.3) is 0 Å². The molecule has 1 aromatic rings. The molecule has 0 radical (unpaired) electrons. The SMILES string of the molecule is CN(CC(C)(C)C)S(=O)(=O)c1ccc(CNC(C)(C)C)o1. The summed E-state index contributed by atoms with van der Waals surface area (Å²) in [5.74, 6) is 0.618. The van der Waals surface area contributed by atoms with E-state index in [0.29, 0.717) is 18.8 Å². The zero-order valence-electron chi connectivity index (χ0n) is 14.1. The van der Waals surface area contributed by atoms with Crippen molar-refractivity contribution in [2.75, 3.05) is 13.6 Å². The Balaban J connectivity index is 2.84. The molecule has 0 atom stereocenters. The molecule has 1 N–H and O–H groups in total. The fourth-order valence-corrected chi connectivity index (χ4v) is 3.17. The minimum atomic E-state index is -3.57. The van der Waals surface area contributed by atoms with Gasteiger partial charge >= 0.3 is 0 Å². The first-order valence-corrected chi connectivity index (χ1v) is 8.55. The fourth-order valence-electron chi connectivity index (χ4n) is 1.85. The maximum absolute atomic E-state index is 12.4. The van der Waals surface area contributed by atoms with Crippen LogP contribution in [-0.4, -0.2) is 31.9 Å². The third kappa shape index (κ3) is 5.80. The summed E-state index contributed by atoms with van der Waals surface area (Å²) in [5.41, 5.74) is -0.153. The monoisotopic (exact) mass is 316 g/mol. The number of nitrogens with zero attached hydrogens (tertiary/aromatic N) is 1. The molecular weight excluding hydrogens is 288 g/mol. The summed E-state index contributed by atoms with van der Waals surface area (Å²) >= 11 is 0. The molecule has 6 heteroatoms. The normalized spacial score (nSPS) is 13.9. The molecule has 0 unspecified atom stereocenters. The number of hydrogen-bond acceptors (Lipinski definition) is 4. The summed E-state index contributed by atoms with van der Waals surface area (Å²) in [6, 6.07) is 3.23. The molecule has 0 amide bonds. The van der Waals surface area contributed by atoms with Gasteiger partial charge in [-0.15, -0.1) is 0 Å². The van der Waals surface area contributed by atoms with Gasteiger partial charge in [-0.3, -0.25) is 0 Å². The Morgan fingerprint density at radius 3 is 2.19 bits per heavy atom. The molecule has 0 aliphatic carbocycles. The Morgan fingerprint density at radius 1 is 1.14 bits per heavy atom. The summed E-state index contributed by atoms with van der Waals surface area (Å²) in [6.07, 6.45) is 0. The van der Waals surface area contributed by atoms with Gasteiger partial charge in [0.05, 0.1) is 6.54 Å². The first-order valence-electron chi connectivity index (χ1n) is 7.11. The minimum absolute atomic E-state index is 0.0000378. The average Bonchev–Trinajstić information content (AvgIpc) is 2.72. The first-order chi connectivity index (χ1) is 9.31. The Morgan fingerprint density at radius 2 is 1.71 bits per heavy atom. The van der Waals surface area contributed by atoms with Crippen LogP contribution in [-0.2, 0) is 16.6 Å². The van der Waals surface area contributed by atoms with Gasteiger partial charge in [-0.1, -0.05) is 20.8 Å². The molecule has 0 saturated carbocycles. The van der Waals surface area contributed by atoms with Gasteiger partial charge in [-0.2, -0.15) is 4.31 Å². The molecule has 5 nitrogen and oxygen atoms in total. The highest BCUT2D eigenvalue weighted by molar-refractivity contribution is 7.89. The Kier molecular flexibility index (Phi) is 5.29. The lowest BCUT2D eigenvalue weighted by molar-refractivity contribution is 0.300. The van der Waals surface area contributed by atoms with Crippen LogP contribution in [0.2, 0.25) is 0 Å². The van der Waals surface area contributed by atoms with Crippen LogP contribution >= 0.6 is 0 Å². The standard InChI is InChI=1S/C15H28N2O3S/c1-14(2,3)11-17(7)21(18,19)13-9-8-12(20-13)10-16-15(4,5)6/h8-9,16H,10-11H2,1-7H3. The summed E-state index contributed by atoms with van der Waals surface area (Å²) < 4.78 is 31.7. The van der Waals surface area contributed by atoms with Crippen LogP contribution in [0.1, 0.15) is 47.3 Å². The second kappa shape index (κ2) is 6.10. The number of nitrogens with one attached hydrogen (secondary N) is 1. The minimum Gasteiger partial charge on any atom is -0.447 e. The largest absolute Gasteiger partial charge is 0.447 e. The second-order valence-electron chi connectivity index (χ2n) is 7.65. The van der Waals surface area contributed by atoms with E-state index in [1.165, 1.54) is 10.4 Å². The van der Waals surface area contributed by atoms with Crippen LogP contribution in [0.5, 0.6) is 0 Å². The van der Waals surface area contributed by atoms with Crippen molar-refractivity contribution >= 4 is 10.0 Å². The van der Waals surface area contributed by atoms with Crippen molar-refractivity contribution in [3.05, 3.63) is 17.9 Å². The zero-order chi connectivity index (χ0) is 16.5. The van der Waals surface area contributed by atoms with E-state index in [9.17, 15) is 8.42 Å². The lowest BCUT2D eigenvalue weighted by Crippen LogP contribution is -2.35. The van der Waals surface area contributed by atoms with E-state index >= 15 is 0 Å². The molecule has 0 spiro atoms. The molecule has 0 aromatic carbocycles. The van der Waals surface area contributed by atoms with E-state index in [-0.39, 0.29) is 16.0 Å². The van der Waals surface area contributed by atoms with Gasteiger partial charge in [0.25, 0.3) is 10.0 Å². The van der Waals surface area contributed by atoms with Crippen molar-refractivity contribution in [1.82, 2.24) is 9.62 Å². The van der Waals surface area contributed by atoms with Gasteiger partial charge in [0.1, 0.15) is 5.76 Å². The summed E-state index contributed by atoms with van der Waals surface area (Å²) in [4.78, 5) is 0. The van der Waals surface area contributed by atoms with Crippen molar-refractivity contribution in [2.24, 2.45) is 5.41 Å². The van der Waals surface area contributed by atoms with Crippen molar-refractivity contribution < 1.29 is 12.8 Å². The first kappa shape index (κ1) is 18.2. The topological polar surface area (TPSA) is 62.6 Å². The third-order valence-corrected chi connectivity index (χ3v) is 4.47. The molecule has 1 rings (SSSR count). The molecule has 1 aromatic heterocycles. The molecule has 0 saturated heterocycles. The number of rotatable bonds is 5. The maximum Gasteiger partial charge on any atom is 0.276 e. The highest BCUT2D eigenvalue weighted by Crippen LogP contribution is 2.22. The molecule has 1 heterocycles. The van der Waals surface area contributed by atoms with Crippen LogP contribution in [0.3, 0.4) is 0 Å². The van der Waals surface area contributed by atoms with Crippen molar-refractivity contribution in [2.45, 2.75) is 58.7 Å². The molecule has 0 aliphatic rings. The van der Waals surface area contributed by atoms with E-state index in [1.807, 2.05) is 41.5 Å². The predicted octanol–water partition coefficient (Wildman–Crippen LogP) is 2.83. The van der Waals surface area contributed by atoms with Gasteiger partial charge in [0.15, 0.2) is 0 Å². The highest BCUT2D eigenvalue weighted by Gasteiger charge is 2.28. The van der Waals surface area contributed by atoms with E-state index in [4.69, 9.17) is 4.42 Å². The third-order valence-electron chi connectivity index (χ3n) is 2.79. The number of sulfonamides is 1. The Bertz CT molecular complexity index is 562. The highest BCUT2D eigenvalue weighted by atomic mass is 32.2. The Labute approximate surface area is 128 Å². The molecule has 0 bridgehead atoms. The van der Waals surface area contributed by atoms with Crippen LogP contribution in [0.15, 0.2) is 21.6 Å². The van der Waals surface area contributed by atoms with Crippen molar-refractivity contribution in [3.63, 3.8) is 0 Å².